The second kappa shape index (κ2) is 5.05. The molecule has 1 atom stereocenters. The van der Waals surface area contributed by atoms with Crippen LogP contribution >= 0.6 is 11.6 Å². The minimum Gasteiger partial charge on any atom is -0.371 e. The minimum atomic E-state index is 0.307. The molecule has 2 nitrogen and oxygen atoms in total. The summed E-state index contributed by atoms with van der Waals surface area (Å²) in [5.41, 5.74) is 2.39. The first-order valence-electron chi connectivity index (χ1n) is 5.98. The number of aromatic nitrogens is 1. The molecule has 16 heavy (non-hydrogen) atoms. The summed E-state index contributed by atoms with van der Waals surface area (Å²) < 4.78 is 0. The molecule has 1 aliphatic heterocycles. The molecule has 1 saturated heterocycles. The number of hydrogen-bond donors (Lipinski definition) is 0. The van der Waals surface area contributed by atoms with E-state index >= 15 is 0 Å². The number of rotatable bonds is 2. The second-order valence-corrected chi connectivity index (χ2v) is 5.35. The highest BCUT2D eigenvalue weighted by Gasteiger charge is 2.22. The van der Waals surface area contributed by atoms with Crippen LogP contribution in [0, 0.1) is 12.8 Å². The molecular weight excluding hydrogens is 220 g/mol. The maximum atomic E-state index is 6.15. The topological polar surface area (TPSA) is 16.1 Å². The zero-order valence-electron chi connectivity index (χ0n) is 9.99. The summed E-state index contributed by atoms with van der Waals surface area (Å²) in [6.07, 6.45) is 4.29. The zero-order chi connectivity index (χ0) is 11.5. The third kappa shape index (κ3) is 2.67. The van der Waals surface area contributed by atoms with E-state index in [4.69, 9.17) is 11.6 Å². The van der Waals surface area contributed by atoms with E-state index in [2.05, 4.69) is 28.9 Å². The van der Waals surface area contributed by atoms with Gasteiger partial charge in [0, 0.05) is 36.0 Å². The fourth-order valence-electron chi connectivity index (χ4n) is 2.34. The number of hydrogen-bond acceptors (Lipinski definition) is 2. The third-order valence-corrected chi connectivity index (χ3v) is 3.79. The highest BCUT2D eigenvalue weighted by molar-refractivity contribution is 6.20. The monoisotopic (exact) mass is 238 g/mol. The number of pyridine rings is 1. The highest BCUT2D eigenvalue weighted by Crippen LogP contribution is 2.27. The average Bonchev–Trinajstić information content (AvgIpc) is 2.29. The molecule has 0 N–H and O–H groups in total. The minimum absolute atomic E-state index is 0.307. The van der Waals surface area contributed by atoms with Gasteiger partial charge in [-0.15, -0.1) is 11.6 Å². The molecule has 1 unspecified atom stereocenters. The van der Waals surface area contributed by atoms with Crippen molar-refractivity contribution in [2.24, 2.45) is 5.92 Å². The van der Waals surface area contributed by atoms with Gasteiger partial charge in [0.1, 0.15) is 0 Å². The van der Waals surface area contributed by atoms with E-state index in [1.54, 1.807) is 0 Å². The van der Waals surface area contributed by atoms with Crippen molar-refractivity contribution in [1.82, 2.24) is 4.98 Å². The fraction of sp³-hybridized carbons (Fsp3) is 0.615. The molecule has 88 valence electrons. The Hall–Kier alpha value is -0.760. The smallest absolute Gasteiger partial charge is 0.0399 e. The number of halogens is 1. The summed E-state index contributed by atoms with van der Waals surface area (Å²) in [7, 11) is 0. The van der Waals surface area contributed by atoms with Gasteiger partial charge in [-0.1, -0.05) is 0 Å². The summed E-state index contributed by atoms with van der Waals surface area (Å²) in [5, 5.41) is 0.307. The van der Waals surface area contributed by atoms with E-state index in [9.17, 15) is 0 Å². The number of aryl methyl sites for hydroxylation is 1. The van der Waals surface area contributed by atoms with E-state index in [0.717, 1.165) is 18.8 Å². The van der Waals surface area contributed by atoms with Gasteiger partial charge in [-0.25, -0.2) is 0 Å². The standard InChI is InChI=1S/C13H19ClN2/c1-10-9-13(3-6-15-10)16-7-4-12(5-8-16)11(2)14/h3,6,9,11-12H,4-5,7-8H2,1-2H3. The van der Waals surface area contributed by atoms with Gasteiger partial charge in [-0.05, 0) is 44.7 Å². The Morgan fingerprint density at radius 1 is 1.44 bits per heavy atom. The molecule has 2 rings (SSSR count). The molecule has 1 aromatic rings. The molecule has 1 aliphatic rings. The van der Waals surface area contributed by atoms with Gasteiger partial charge in [0.25, 0.3) is 0 Å². The Balaban J connectivity index is 1.99. The number of alkyl halides is 1. The molecule has 0 radical (unpaired) electrons. The highest BCUT2D eigenvalue weighted by atomic mass is 35.5. The quantitative estimate of drug-likeness (QED) is 0.736. The number of piperidine rings is 1. The van der Waals surface area contributed by atoms with Crippen molar-refractivity contribution in [3.8, 4) is 0 Å². The summed E-state index contributed by atoms with van der Waals surface area (Å²) >= 11 is 6.15. The van der Waals surface area contributed by atoms with Crippen LogP contribution in [0.5, 0.6) is 0 Å². The lowest BCUT2D eigenvalue weighted by Crippen LogP contribution is -2.35. The van der Waals surface area contributed by atoms with Crippen molar-refractivity contribution < 1.29 is 0 Å². The van der Waals surface area contributed by atoms with Crippen molar-refractivity contribution in [2.45, 2.75) is 32.1 Å². The first kappa shape index (κ1) is 11.7. The van der Waals surface area contributed by atoms with E-state index in [1.165, 1.54) is 18.5 Å². The lowest BCUT2D eigenvalue weighted by atomic mass is 9.94. The van der Waals surface area contributed by atoms with Gasteiger partial charge in [0.05, 0.1) is 0 Å². The molecule has 0 aliphatic carbocycles. The third-order valence-electron chi connectivity index (χ3n) is 3.43. The van der Waals surface area contributed by atoms with Crippen molar-refractivity contribution in [3.05, 3.63) is 24.0 Å². The first-order chi connectivity index (χ1) is 7.66. The molecule has 0 amide bonds. The average molecular weight is 239 g/mol. The predicted molar refractivity (Wildman–Crippen MR) is 69.2 cm³/mol. The molecule has 0 bridgehead atoms. The van der Waals surface area contributed by atoms with Crippen molar-refractivity contribution in [2.75, 3.05) is 18.0 Å². The normalized spacial score (nSPS) is 19.8. The van der Waals surface area contributed by atoms with Gasteiger partial charge in [-0.3, -0.25) is 4.98 Å². The van der Waals surface area contributed by atoms with Crippen LogP contribution in [0.3, 0.4) is 0 Å². The van der Waals surface area contributed by atoms with Crippen LogP contribution in [-0.2, 0) is 0 Å². The van der Waals surface area contributed by atoms with Gasteiger partial charge < -0.3 is 4.90 Å². The molecule has 1 fully saturated rings. The Bertz CT molecular complexity index is 344. The van der Waals surface area contributed by atoms with Crippen LogP contribution in [0.1, 0.15) is 25.5 Å². The van der Waals surface area contributed by atoms with E-state index in [-0.39, 0.29) is 0 Å². The summed E-state index contributed by atoms with van der Waals surface area (Å²) in [5.74, 6) is 0.681. The van der Waals surface area contributed by atoms with Crippen LogP contribution in [0.2, 0.25) is 0 Å². The van der Waals surface area contributed by atoms with Gasteiger partial charge in [0.15, 0.2) is 0 Å². The molecule has 3 heteroatoms. The molecule has 0 spiro atoms. The molecule has 1 aromatic heterocycles. The first-order valence-corrected chi connectivity index (χ1v) is 6.42. The molecular formula is C13H19ClN2. The van der Waals surface area contributed by atoms with Crippen LogP contribution in [-0.4, -0.2) is 23.5 Å². The Labute approximate surface area is 103 Å². The maximum Gasteiger partial charge on any atom is 0.0399 e. The van der Waals surface area contributed by atoms with Crippen LogP contribution in [0.25, 0.3) is 0 Å². The van der Waals surface area contributed by atoms with E-state index in [0.29, 0.717) is 11.3 Å². The Kier molecular flexibility index (Phi) is 3.70. The van der Waals surface area contributed by atoms with Crippen molar-refractivity contribution in [1.29, 1.82) is 0 Å². The second-order valence-electron chi connectivity index (χ2n) is 4.66. The number of nitrogens with zero attached hydrogens (tertiary/aromatic N) is 2. The van der Waals surface area contributed by atoms with Crippen molar-refractivity contribution >= 4 is 17.3 Å². The molecule has 2 heterocycles. The molecule has 0 saturated carbocycles. The Morgan fingerprint density at radius 2 is 2.12 bits per heavy atom. The van der Waals surface area contributed by atoms with E-state index < -0.39 is 0 Å². The Morgan fingerprint density at radius 3 is 2.69 bits per heavy atom. The number of anilines is 1. The van der Waals surface area contributed by atoms with Crippen LogP contribution < -0.4 is 4.90 Å². The summed E-state index contributed by atoms with van der Waals surface area (Å²) in [4.78, 5) is 6.67. The van der Waals surface area contributed by atoms with E-state index in [1.807, 2.05) is 13.1 Å². The van der Waals surface area contributed by atoms with Crippen LogP contribution in [0.15, 0.2) is 18.3 Å². The van der Waals surface area contributed by atoms with Gasteiger partial charge >= 0.3 is 0 Å². The lowest BCUT2D eigenvalue weighted by Gasteiger charge is -2.34. The lowest BCUT2D eigenvalue weighted by molar-refractivity contribution is 0.400. The van der Waals surface area contributed by atoms with Gasteiger partial charge in [0.2, 0.25) is 0 Å². The van der Waals surface area contributed by atoms with Crippen molar-refractivity contribution in [3.63, 3.8) is 0 Å². The SMILES string of the molecule is Cc1cc(N2CCC(C(C)Cl)CC2)ccn1. The van der Waals surface area contributed by atoms with Crippen LogP contribution in [0.4, 0.5) is 5.69 Å². The largest absolute Gasteiger partial charge is 0.371 e. The molecule has 0 aromatic carbocycles. The summed E-state index contributed by atoms with van der Waals surface area (Å²) in [6.45, 7) is 6.38. The maximum absolute atomic E-state index is 6.15. The zero-order valence-corrected chi connectivity index (χ0v) is 10.7. The fourth-order valence-corrected chi connectivity index (χ4v) is 2.60. The summed E-state index contributed by atoms with van der Waals surface area (Å²) in [6, 6.07) is 4.25. The van der Waals surface area contributed by atoms with Gasteiger partial charge in [-0.2, -0.15) is 0 Å². The predicted octanol–water partition coefficient (Wildman–Crippen LogP) is 3.23.